The molecule has 0 aromatic heterocycles. The highest BCUT2D eigenvalue weighted by Gasteiger charge is 2.19. The van der Waals surface area contributed by atoms with Gasteiger partial charge >= 0.3 is 0 Å². The van der Waals surface area contributed by atoms with Crippen molar-refractivity contribution < 1.29 is 0 Å². The van der Waals surface area contributed by atoms with E-state index in [1.807, 2.05) is 0 Å². The van der Waals surface area contributed by atoms with Crippen LogP contribution in [0.5, 0.6) is 0 Å². The van der Waals surface area contributed by atoms with Gasteiger partial charge in [0, 0.05) is 9.13 Å². The Balaban J connectivity index is 1.57. The summed E-state index contributed by atoms with van der Waals surface area (Å²) in [6.45, 7) is 6.68. The van der Waals surface area contributed by atoms with Crippen molar-refractivity contribution >= 4 is 26.5 Å². The molecule has 0 saturated heterocycles. The molecule has 25 heavy (non-hydrogen) atoms. The summed E-state index contributed by atoms with van der Waals surface area (Å²) >= 11 is 0. The highest BCUT2D eigenvalue weighted by Crippen LogP contribution is 2.31. The van der Waals surface area contributed by atoms with E-state index < -0.39 is 0 Å². The fourth-order valence-electron chi connectivity index (χ4n) is 4.02. The van der Waals surface area contributed by atoms with Crippen LogP contribution in [0.3, 0.4) is 0 Å². The monoisotopic (exact) mass is 341 g/mol. The second kappa shape index (κ2) is 6.72. The highest BCUT2D eigenvalue weighted by molar-refractivity contribution is 6.58. The van der Waals surface area contributed by atoms with Crippen LogP contribution in [-0.2, 0) is 12.8 Å². The maximum absolute atomic E-state index is 2.45. The molecule has 0 fully saturated rings. The van der Waals surface area contributed by atoms with Gasteiger partial charge in [-0.05, 0) is 67.0 Å². The highest BCUT2D eigenvalue weighted by atomic mass is 28.2. The van der Waals surface area contributed by atoms with E-state index in [-0.39, 0.29) is 0 Å². The van der Waals surface area contributed by atoms with Crippen LogP contribution in [0.2, 0.25) is 6.04 Å². The van der Waals surface area contributed by atoms with Crippen LogP contribution in [0, 0.1) is 13.8 Å². The van der Waals surface area contributed by atoms with Crippen LogP contribution in [0.15, 0.2) is 47.5 Å². The summed E-state index contributed by atoms with van der Waals surface area (Å²) in [6, 6.07) is 15.0. The van der Waals surface area contributed by atoms with Gasteiger partial charge in [0.1, 0.15) is 0 Å². The van der Waals surface area contributed by atoms with Gasteiger partial charge in [0.2, 0.25) is 0 Å². The minimum absolute atomic E-state index is 0.943. The van der Waals surface area contributed by atoms with E-state index in [1.54, 1.807) is 16.3 Å². The average molecular weight is 342 g/mol. The molecule has 2 aromatic carbocycles. The van der Waals surface area contributed by atoms with Crippen LogP contribution in [-0.4, -0.2) is 14.3 Å². The standard InChI is InChI=1S/C24H25Si/c1-4-25-24(23-14-20-8-6-17(3)10-22(20)15-23)13-18-11-19-7-5-16(2)9-21(19)12-18/h5-10,12,15H,4,11,13-14H2,1-3H3. The first-order valence-electron chi connectivity index (χ1n) is 9.31. The second-order valence-electron chi connectivity index (χ2n) is 7.42. The zero-order valence-electron chi connectivity index (χ0n) is 15.4. The van der Waals surface area contributed by atoms with Crippen molar-refractivity contribution in [3.05, 3.63) is 80.9 Å². The van der Waals surface area contributed by atoms with Crippen LogP contribution in [0.1, 0.15) is 46.7 Å². The zero-order valence-corrected chi connectivity index (χ0v) is 16.4. The van der Waals surface area contributed by atoms with Gasteiger partial charge < -0.3 is 0 Å². The summed E-state index contributed by atoms with van der Waals surface area (Å²) < 4.78 is 0. The number of hydrogen-bond acceptors (Lipinski definition) is 0. The first kappa shape index (κ1) is 16.5. The van der Waals surface area contributed by atoms with Gasteiger partial charge in [0.25, 0.3) is 0 Å². The molecule has 0 heterocycles. The van der Waals surface area contributed by atoms with Gasteiger partial charge in [-0.3, -0.25) is 0 Å². The van der Waals surface area contributed by atoms with Crippen LogP contribution < -0.4 is 0 Å². The molecule has 0 N–H and O–H groups in total. The summed E-state index contributed by atoms with van der Waals surface area (Å²) in [5, 5.41) is 1.67. The Kier molecular flexibility index (Phi) is 4.43. The molecule has 1 heteroatoms. The van der Waals surface area contributed by atoms with Crippen molar-refractivity contribution in [3.8, 4) is 0 Å². The first-order valence-corrected chi connectivity index (χ1v) is 10.5. The molecule has 4 rings (SSSR count). The Morgan fingerprint density at radius 3 is 2.20 bits per heavy atom. The van der Waals surface area contributed by atoms with E-state index in [0.717, 1.165) is 28.4 Å². The van der Waals surface area contributed by atoms with E-state index in [9.17, 15) is 0 Å². The van der Waals surface area contributed by atoms with Gasteiger partial charge in [0.05, 0.1) is 0 Å². The summed E-state index contributed by atoms with van der Waals surface area (Å²) in [5.41, 5.74) is 11.8. The molecule has 2 aromatic rings. The smallest absolute Gasteiger partial charge is 0.0243 e. The number of rotatable bonds is 4. The molecular formula is C24H25Si. The number of fused-ring (bicyclic) bond motifs is 2. The fourth-order valence-corrected chi connectivity index (χ4v) is 5.18. The van der Waals surface area contributed by atoms with E-state index in [2.05, 4.69) is 69.3 Å². The predicted molar refractivity (Wildman–Crippen MR) is 112 cm³/mol. The summed E-state index contributed by atoms with van der Waals surface area (Å²) in [5.74, 6) is 0. The number of aryl methyl sites for hydroxylation is 2. The van der Waals surface area contributed by atoms with Gasteiger partial charge in [0.15, 0.2) is 0 Å². The molecule has 125 valence electrons. The lowest BCUT2D eigenvalue weighted by atomic mass is 10.0. The van der Waals surface area contributed by atoms with E-state index in [0.29, 0.717) is 0 Å². The topological polar surface area (TPSA) is 0 Å². The number of allylic oxidation sites excluding steroid dienone is 2. The van der Waals surface area contributed by atoms with Gasteiger partial charge in [-0.15, -0.1) is 0 Å². The Morgan fingerprint density at radius 1 is 0.880 bits per heavy atom. The third kappa shape index (κ3) is 3.39. The summed E-state index contributed by atoms with van der Waals surface area (Å²) in [7, 11) is 0.943. The third-order valence-corrected chi connectivity index (χ3v) is 6.55. The molecule has 0 amide bonds. The molecule has 0 aliphatic heterocycles. The number of benzene rings is 2. The Hall–Kier alpha value is -1.99. The third-order valence-electron chi connectivity index (χ3n) is 5.27. The summed E-state index contributed by atoms with van der Waals surface area (Å²) in [4.78, 5) is 0. The minimum atomic E-state index is 0.943. The second-order valence-corrected chi connectivity index (χ2v) is 9.08. The average Bonchev–Trinajstić information content (AvgIpc) is 3.16. The minimum Gasteiger partial charge on any atom is -0.0649 e. The van der Waals surface area contributed by atoms with E-state index in [4.69, 9.17) is 0 Å². The SMILES string of the molecule is CC[Si]=C(CC1=Cc2cc(C)ccc2C1)C1=Cc2cc(C)ccc2C1. The van der Waals surface area contributed by atoms with Crippen molar-refractivity contribution in [2.24, 2.45) is 0 Å². The molecule has 1 radical (unpaired) electrons. The molecule has 2 aliphatic carbocycles. The molecule has 2 aliphatic rings. The largest absolute Gasteiger partial charge is 0.0649 e. The maximum atomic E-state index is 2.45. The van der Waals surface area contributed by atoms with Crippen molar-refractivity contribution in [2.45, 2.75) is 46.1 Å². The quantitative estimate of drug-likeness (QED) is 0.636. The normalized spacial score (nSPS) is 15.7. The van der Waals surface area contributed by atoms with Crippen molar-refractivity contribution in [1.82, 2.24) is 0 Å². The Morgan fingerprint density at radius 2 is 1.52 bits per heavy atom. The van der Waals surface area contributed by atoms with Crippen LogP contribution >= 0.6 is 0 Å². The molecule has 0 spiro atoms. The molecule has 0 saturated carbocycles. The first-order chi connectivity index (χ1) is 12.1. The van der Waals surface area contributed by atoms with Crippen LogP contribution in [0.4, 0.5) is 0 Å². The van der Waals surface area contributed by atoms with Gasteiger partial charge in [-0.1, -0.05) is 77.3 Å². The molecular weight excluding hydrogens is 316 g/mol. The lowest BCUT2D eigenvalue weighted by Gasteiger charge is -2.10. The van der Waals surface area contributed by atoms with E-state index >= 15 is 0 Å². The lowest BCUT2D eigenvalue weighted by Crippen LogP contribution is -2.09. The molecule has 0 unspecified atom stereocenters. The fraction of sp³-hybridized carbons (Fsp3) is 0.292. The van der Waals surface area contributed by atoms with Crippen molar-refractivity contribution in [1.29, 1.82) is 0 Å². The number of hydrogen-bond donors (Lipinski definition) is 0. The predicted octanol–water partition coefficient (Wildman–Crippen LogP) is 5.59. The lowest BCUT2D eigenvalue weighted by molar-refractivity contribution is 1.13. The summed E-state index contributed by atoms with van der Waals surface area (Å²) in [6.07, 6.45) is 8.30. The van der Waals surface area contributed by atoms with E-state index in [1.165, 1.54) is 39.4 Å². The molecule has 0 bridgehead atoms. The van der Waals surface area contributed by atoms with Gasteiger partial charge in [-0.25, -0.2) is 0 Å². The Labute approximate surface area is 153 Å². The molecule has 0 atom stereocenters. The van der Waals surface area contributed by atoms with Crippen molar-refractivity contribution in [3.63, 3.8) is 0 Å². The Bertz CT molecular complexity index is 925. The van der Waals surface area contributed by atoms with Gasteiger partial charge in [-0.2, -0.15) is 0 Å². The maximum Gasteiger partial charge on any atom is 0.0243 e. The molecule has 0 nitrogen and oxygen atoms in total. The van der Waals surface area contributed by atoms with Crippen molar-refractivity contribution in [2.75, 3.05) is 0 Å². The zero-order chi connectivity index (χ0) is 17.4. The van der Waals surface area contributed by atoms with Crippen LogP contribution in [0.25, 0.3) is 12.2 Å².